The molecule has 0 spiro atoms. The van der Waals surface area contributed by atoms with Gasteiger partial charge in [-0.15, -0.1) is 12.4 Å². The number of esters is 1. The van der Waals surface area contributed by atoms with Gasteiger partial charge in [-0.05, 0) is 125 Å². The molecule has 3 aliphatic rings. The number of hydrogen-bond acceptors (Lipinski definition) is 4. The third-order valence-electron chi connectivity index (χ3n) is 8.82. The molecule has 0 radical (unpaired) electrons. The molecule has 1 saturated heterocycles. The highest BCUT2D eigenvalue weighted by molar-refractivity contribution is 5.85. The van der Waals surface area contributed by atoms with Gasteiger partial charge in [-0.1, -0.05) is 32.4 Å². The normalized spacial score (nSPS) is 19.5. The molecule has 0 bridgehead atoms. The fraction of sp³-hybridized carbons (Fsp3) is 0.545. The van der Waals surface area contributed by atoms with E-state index >= 15 is 0 Å². The molecule has 1 fully saturated rings. The van der Waals surface area contributed by atoms with Crippen LogP contribution in [0.5, 0.6) is 11.5 Å². The Kier molecular flexibility index (Phi) is 9.12. The average Bonchev–Trinajstić information content (AvgIpc) is 3.57. The van der Waals surface area contributed by atoms with Gasteiger partial charge in [0.2, 0.25) is 0 Å². The highest BCUT2D eigenvalue weighted by Crippen LogP contribution is 2.53. The second-order valence-electron chi connectivity index (χ2n) is 12.0. The molecule has 6 heteroatoms. The van der Waals surface area contributed by atoms with Crippen molar-refractivity contribution in [3.05, 3.63) is 64.5 Å². The highest BCUT2D eigenvalue weighted by Gasteiger charge is 2.40. The number of carbonyl (C=O) groups is 1. The molecule has 1 unspecified atom stereocenters. The van der Waals surface area contributed by atoms with Crippen molar-refractivity contribution < 1.29 is 18.7 Å². The van der Waals surface area contributed by atoms with Gasteiger partial charge in [0.15, 0.2) is 0 Å². The summed E-state index contributed by atoms with van der Waals surface area (Å²) in [5.41, 5.74) is 4.84. The Morgan fingerprint density at radius 1 is 1.08 bits per heavy atom. The van der Waals surface area contributed by atoms with Crippen LogP contribution in [-0.2, 0) is 10.2 Å². The van der Waals surface area contributed by atoms with Gasteiger partial charge in [0.25, 0.3) is 0 Å². The largest absolute Gasteiger partial charge is 0.483 e. The van der Waals surface area contributed by atoms with Gasteiger partial charge in [0.1, 0.15) is 22.9 Å². The van der Waals surface area contributed by atoms with Crippen LogP contribution >= 0.6 is 12.4 Å². The summed E-state index contributed by atoms with van der Waals surface area (Å²) in [6, 6.07) is 11.0. The zero-order chi connectivity index (χ0) is 26.9. The van der Waals surface area contributed by atoms with Crippen molar-refractivity contribution >= 4 is 23.9 Å². The molecule has 2 heterocycles. The molecule has 0 amide bonds. The summed E-state index contributed by atoms with van der Waals surface area (Å²) in [5, 5.41) is 0. The number of likely N-dealkylation sites (tertiary alicyclic amines) is 1. The highest BCUT2D eigenvalue weighted by atomic mass is 35.5. The fourth-order valence-electron chi connectivity index (χ4n) is 6.79. The molecule has 1 atom stereocenters. The third-order valence-corrected chi connectivity index (χ3v) is 8.82. The lowest BCUT2D eigenvalue weighted by molar-refractivity contribution is -0.134. The Hall–Kier alpha value is -2.37. The van der Waals surface area contributed by atoms with Crippen molar-refractivity contribution in [1.82, 2.24) is 4.90 Å². The predicted molar refractivity (Wildman–Crippen MR) is 157 cm³/mol. The zero-order valence-electron chi connectivity index (χ0n) is 23.9. The smallest absolute Gasteiger partial charge is 0.311 e. The maximum atomic E-state index is 13.8. The van der Waals surface area contributed by atoms with E-state index < -0.39 is 5.60 Å². The third kappa shape index (κ3) is 6.05. The molecule has 2 aromatic rings. The van der Waals surface area contributed by atoms with Crippen LogP contribution in [0.3, 0.4) is 0 Å². The van der Waals surface area contributed by atoms with E-state index in [9.17, 15) is 9.18 Å². The molecular formula is C33H43ClFNO3. The Morgan fingerprint density at radius 2 is 1.79 bits per heavy atom. The van der Waals surface area contributed by atoms with Crippen molar-refractivity contribution in [2.45, 2.75) is 96.5 Å². The summed E-state index contributed by atoms with van der Waals surface area (Å²) in [5.74, 6) is 0.968. The molecule has 39 heavy (non-hydrogen) atoms. The molecule has 0 N–H and O–H groups in total. The van der Waals surface area contributed by atoms with Gasteiger partial charge < -0.3 is 14.4 Å². The summed E-state index contributed by atoms with van der Waals surface area (Å²) in [6.45, 7) is 11.8. The lowest BCUT2D eigenvalue weighted by Gasteiger charge is -2.38. The molecule has 4 nitrogen and oxygen atoms in total. The van der Waals surface area contributed by atoms with Crippen LogP contribution < -0.4 is 9.47 Å². The zero-order valence-corrected chi connectivity index (χ0v) is 24.7. The average molecular weight is 556 g/mol. The first kappa shape index (κ1) is 29.6. The standard InChI is InChI=1S/C33H42FNO3.ClH/c1-5-17-33(4,23-13-15-25(34)16-14-23)24-21-28(37-30(36)12-9-20-35-18-6-7-19-35)31-26-10-8-11-27(26)32(2,3)38-29(31)22-24;/h13-16,21-22H,5-12,17-20H2,1-4H3;1H. The number of allylic oxidation sites excluding steroid dienone is 1. The molecule has 5 rings (SSSR count). The number of halogens is 2. The van der Waals surface area contributed by atoms with Gasteiger partial charge >= 0.3 is 5.97 Å². The van der Waals surface area contributed by atoms with Gasteiger partial charge in [-0.2, -0.15) is 0 Å². The van der Waals surface area contributed by atoms with Crippen molar-refractivity contribution in [3.8, 4) is 11.5 Å². The van der Waals surface area contributed by atoms with E-state index in [-0.39, 0.29) is 29.6 Å². The van der Waals surface area contributed by atoms with Gasteiger partial charge in [0.05, 0.1) is 5.56 Å². The number of hydrogen-bond donors (Lipinski definition) is 0. The van der Waals surface area contributed by atoms with E-state index in [4.69, 9.17) is 9.47 Å². The maximum absolute atomic E-state index is 13.8. The SMILES string of the molecule is CCCC(C)(c1ccc(F)cc1)c1cc(OC(=O)CCCN2CCCC2)c2c(c1)OC(C)(C)C1=C2CCC1.Cl. The number of rotatable bonds is 9. The molecular weight excluding hydrogens is 513 g/mol. The van der Waals surface area contributed by atoms with Crippen molar-refractivity contribution in [1.29, 1.82) is 0 Å². The van der Waals surface area contributed by atoms with E-state index in [1.54, 1.807) is 0 Å². The van der Waals surface area contributed by atoms with Crippen LogP contribution in [0.15, 0.2) is 42.0 Å². The van der Waals surface area contributed by atoms with E-state index in [2.05, 4.69) is 44.7 Å². The second-order valence-corrected chi connectivity index (χ2v) is 12.0. The van der Waals surface area contributed by atoms with Crippen molar-refractivity contribution in [2.24, 2.45) is 0 Å². The van der Waals surface area contributed by atoms with Crippen LogP contribution in [-0.4, -0.2) is 36.1 Å². The van der Waals surface area contributed by atoms with Crippen molar-refractivity contribution in [3.63, 3.8) is 0 Å². The number of carbonyl (C=O) groups excluding carboxylic acids is 1. The first-order valence-corrected chi connectivity index (χ1v) is 14.5. The first-order valence-electron chi connectivity index (χ1n) is 14.5. The lowest BCUT2D eigenvalue weighted by atomic mass is 9.72. The monoisotopic (exact) mass is 555 g/mol. The van der Waals surface area contributed by atoms with E-state index in [0.717, 1.165) is 80.6 Å². The first-order chi connectivity index (χ1) is 18.2. The van der Waals surface area contributed by atoms with Crippen LogP contribution in [0.4, 0.5) is 4.39 Å². The van der Waals surface area contributed by atoms with E-state index in [1.165, 1.54) is 36.1 Å². The summed E-state index contributed by atoms with van der Waals surface area (Å²) >= 11 is 0. The number of fused-ring (bicyclic) bond motifs is 2. The van der Waals surface area contributed by atoms with Gasteiger partial charge in [0, 0.05) is 11.8 Å². The van der Waals surface area contributed by atoms with E-state index in [0.29, 0.717) is 12.2 Å². The summed E-state index contributed by atoms with van der Waals surface area (Å²) < 4.78 is 26.7. The van der Waals surface area contributed by atoms with Gasteiger partial charge in [-0.25, -0.2) is 4.39 Å². The molecule has 2 aliphatic heterocycles. The molecule has 212 valence electrons. The second kappa shape index (κ2) is 12.0. The quantitative estimate of drug-likeness (QED) is 0.231. The summed E-state index contributed by atoms with van der Waals surface area (Å²) in [7, 11) is 0. The summed E-state index contributed by atoms with van der Waals surface area (Å²) in [6.07, 6.45) is 8.61. The Labute approximate surface area is 239 Å². The molecule has 2 aromatic carbocycles. The lowest BCUT2D eigenvalue weighted by Crippen LogP contribution is -2.34. The van der Waals surface area contributed by atoms with Crippen LogP contribution in [0, 0.1) is 5.82 Å². The van der Waals surface area contributed by atoms with Crippen LogP contribution in [0.1, 0.15) is 102 Å². The topological polar surface area (TPSA) is 38.8 Å². The number of benzene rings is 2. The Morgan fingerprint density at radius 3 is 2.49 bits per heavy atom. The number of ether oxygens (including phenoxy) is 2. The van der Waals surface area contributed by atoms with E-state index in [1.807, 2.05) is 12.1 Å². The van der Waals surface area contributed by atoms with Crippen molar-refractivity contribution in [2.75, 3.05) is 19.6 Å². The Bertz CT molecular complexity index is 1220. The number of nitrogens with zero attached hydrogens (tertiary/aromatic N) is 1. The van der Waals surface area contributed by atoms with Crippen LogP contribution in [0.25, 0.3) is 5.57 Å². The molecule has 0 saturated carbocycles. The summed E-state index contributed by atoms with van der Waals surface area (Å²) in [4.78, 5) is 15.6. The minimum absolute atomic E-state index is 0. The van der Waals surface area contributed by atoms with Crippen LogP contribution in [0.2, 0.25) is 0 Å². The minimum Gasteiger partial charge on any atom is -0.483 e. The molecule has 1 aliphatic carbocycles. The fourth-order valence-corrected chi connectivity index (χ4v) is 6.79. The minimum atomic E-state index is -0.397. The predicted octanol–water partition coefficient (Wildman–Crippen LogP) is 8.24. The van der Waals surface area contributed by atoms with Gasteiger partial charge in [-0.3, -0.25) is 4.79 Å². The maximum Gasteiger partial charge on any atom is 0.311 e. The Balaban J connectivity index is 0.00000353. The molecule has 0 aromatic heterocycles.